The summed E-state index contributed by atoms with van der Waals surface area (Å²) in [6, 6.07) is 0. The standard InChI is InChI=1S/C18H31N3O2.ClH/c1-19-3-4-21(2)17(23)12-20-16(22)11-18-8-13-5-14(9-18)7-15(6-13)10-18;/h13-15,19H,3-12H2,1-2H3,(H,20,22);1H. The number of nitrogens with one attached hydrogen (secondary N) is 2. The number of nitrogens with zero attached hydrogens (tertiary/aromatic N) is 1. The van der Waals surface area contributed by atoms with Gasteiger partial charge >= 0.3 is 0 Å². The Hall–Kier alpha value is -0.810. The fourth-order valence-corrected chi connectivity index (χ4v) is 5.62. The van der Waals surface area contributed by atoms with E-state index in [0.29, 0.717) is 13.0 Å². The molecule has 0 aromatic carbocycles. The molecule has 6 heteroatoms. The summed E-state index contributed by atoms with van der Waals surface area (Å²) in [7, 11) is 3.65. The van der Waals surface area contributed by atoms with Crippen LogP contribution in [0.2, 0.25) is 0 Å². The number of carbonyl (C=O) groups excluding carboxylic acids is 2. The Kier molecular flexibility index (Phi) is 6.54. The van der Waals surface area contributed by atoms with Crippen LogP contribution in [0.5, 0.6) is 0 Å². The molecular formula is C18H32ClN3O2. The molecule has 0 aromatic rings. The molecule has 0 unspecified atom stereocenters. The van der Waals surface area contributed by atoms with Gasteiger partial charge in [-0.2, -0.15) is 0 Å². The van der Waals surface area contributed by atoms with Gasteiger partial charge in [-0.05, 0) is 68.7 Å². The Labute approximate surface area is 151 Å². The minimum absolute atomic E-state index is 0. The van der Waals surface area contributed by atoms with Crippen molar-refractivity contribution < 1.29 is 9.59 Å². The first-order valence-corrected chi connectivity index (χ1v) is 9.15. The summed E-state index contributed by atoms with van der Waals surface area (Å²) in [5, 5.41) is 5.89. The van der Waals surface area contributed by atoms with E-state index in [1.807, 2.05) is 7.05 Å². The second-order valence-corrected chi connectivity index (χ2v) is 8.29. The maximum atomic E-state index is 12.4. The fourth-order valence-electron chi connectivity index (χ4n) is 5.62. The van der Waals surface area contributed by atoms with E-state index in [2.05, 4.69) is 10.6 Å². The third-order valence-corrected chi connectivity index (χ3v) is 6.26. The highest BCUT2D eigenvalue weighted by Crippen LogP contribution is 2.61. The highest BCUT2D eigenvalue weighted by atomic mass is 35.5. The smallest absolute Gasteiger partial charge is 0.241 e. The Morgan fingerprint density at radius 3 is 2.12 bits per heavy atom. The van der Waals surface area contributed by atoms with Gasteiger partial charge in [-0.3, -0.25) is 9.59 Å². The summed E-state index contributed by atoms with van der Waals surface area (Å²) in [5.74, 6) is 2.65. The monoisotopic (exact) mass is 357 g/mol. The topological polar surface area (TPSA) is 61.4 Å². The predicted molar refractivity (Wildman–Crippen MR) is 97.0 cm³/mol. The maximum absolute atomic E-state index is 12.4. The zero-order valence-corrected chi connectivity index (χ0v) is 15.8. The quantitative estimate of drug-likeness (QED) is 0.730. The van der Waals surface area contributed by atoms with Crippen molar-refractivity contribution in [1.82, 2.24) is 15.5 Å². The number of likely N-dealkylation sites (N-methyl/N-ethyl adjacent to an activating group) is 2. The Balaban J connectivity index is 0.00000208. The molecule has 0 atom stereocenters. The van der Waals surface area contributed by atoms with Crippen LogP contribution in [0.15, 0.2) is 0 Å². The van der Waals surface area contributed by atoms with E-state index in [0.717, 1.165) is 24.3 Å². The van der Waals surface area contributed by atoms with Gasteiger partial charge in [-0.25, -0.2) is 0 Å². The number of halogens is 1. The van der Waals surface area contributed by atoms with Gasteiger partial charge in [-0.1, -0.05) is 0 Å². The second-order valence-electron chi connectivity index (χ2n) is 8.29. The first kappa shape index (κ1) is 19.5. The molecule has 0 radical (unpaired) electrons. The summed E-state index contributed by atoms with van der Waals surface area (Å²) in [6.45, 7) is 1.56. The van der Waals surface area contributed by atoms with Gasteiger partial charge < -0.3 is 15.5 Å². The van der Waals surface area contributed by atoms with Crippen LogP contribution >= 0.6 is 12.4 Å². The average molecular weight is 358 g/mol. The van der Waals surface area contributed by atoms with Crippen molar-refractivity contribution in [3.05, 3.63) is 0 Å². The molecule has 4 saturated carbocycles. The van der Waals surface area contributed by atoms with Crippen LogP contribution in [0.1, 0.15) is 44.9 Å². The zero-order chi connectivity index (χ0) is 16.4. The molecule has 4 aliphatic carbocycles. The van der Waals surface area contributed by atoms with Crippen LogP contribution in [0, 0.1) is 23.2 Å². The van der Waals surface area contributed by atoms with Gasteiger partial charge in [0.25, 0.3) is 0 Å². The SMILES string of the molecule is CNCCN(C)C(=O)CNC(=O)CC12CC3CC(CC(C3)C1)C2.Cl. The first-order valence-electron chi connectivity index (χ1n) is 9.15. The zero-order valence-electron chi connectivity index (χ0n) is 15.0. The molecular weight excluding hydrogens is 326 g/mol. The van der Waals surface area contributed by atoms with E-state index in [-0.39, 0.29) is 36.2 Å². The van der Waals surface area contributed by atoms with Crippen LogP contribution in [0.3, 0.4) is 0 Å². The van der Waals surface area contributed by atoms with Gasteiger partial charge in [0.2, 0.25) is 11.8 Å². The molecule has 2 N–H and O–H groups in total. The minimum atomic E-state index is -0.0147. The van der Waals surface area contributed by atoms with Crippen LogP contribution in [0.25, 0.3) is 0 Å². The molecule has 0 heterocycles. The van der Waals surface area contributed by atoms with Crippen LogP contribution in [-0.4, -0.2) is 50.4 Å². The highest BCUT2D eigenvalue weighted by Gasteiger charge is 2.51. The van der Waals surface area contributed by atoms with E-state index in [9.17, 15) is 9.59 Å². The normalized spacial score (nSPS) is 33.0. The van der Waals surface area contributed by atoms with Gasteiger partial charge in [0.05, 0.1) is 6.54 Å². The molecule has 4 bridgehead atoms. The van der Waals surface area contributed by atoms with Gasteiger partial charge in [-0.15, -0.1) is 12.4 Å². The molecule has 4 fully saturated rings. The lowest BCUT2D eigenvalue weighted by atomic mass is 9.49. The Morgan fingerprint density at radius 2 is 1.62 bits per heavy atom. The molecule has 0 aliphatic heterocycles. The van der Waals surface area contributed by atoms with Crippen molar-refractivity contribution in [3.8, 4) is 0 Å². The average Bonchev–Trinajstić information content (AvgIpc) is 2.48. The van der Waals surface area contributed by atoms with Crippen molar-refractivity contribution in [3.63, 3.8) is 0 Å². The number of hydrogen-bond acceptors (Lipinski definition) is 3. The van der Waals surface area contributed by atoms with E-state index >= 15 is 0 Å². The molecule has 138 valence electrons. The highest BCUT2D eigenvalue weighted by molar-refractivity contribution is 5.85. The van der Waals surface area contributed by atoms with Crippen LogP contribution < -0.4 is 10.6 Å². The number of carbonyl (C=O) groups is 2. The van der Waals surface area contributed by atoms with Gasteiger partial charge in [0.15, 0.2) is 0 Å². The van der Waals surface area contributed by atoms with Crippen molar-refractivity contribution in [2.45, 2.75) is 44.9 Å². The molecule has 2 amide bonds. The Morgan fingerprint density at radius 1 is 1.08 bits per heavy atom. The largest absolute Gasteiger partial charge is 0.347 e. The van der Waals surface area contributed by atoms with Gasteiger partial charge in [0.1, 0.15) is 0 Å². The molecule has 4 aliphatic rings. The molecule has 0 aromatic heterocycles. The van der Waals surface area contributed by atoms with E-state index < -0.39 is 0 Å². The third-order valence-electron chi connectivity index (χ3n) is 6.26. The van der Waals surface area contributed by atoms with Crippen molar-refractivity contribution in [2.24, 2.45) is 23.2 Å². The molecule has 24 heavy (non-hydrogen) atoms. The molecule has 5 nitrogen and oxygen atoms in total. The van der Waals surface area contributed by atoms with E-state index in [1.165, 1.54) is 38.5 Å². The lowest BCUT2D eigenvalue weighted by Gasteiger charge is -2.56. The number of hydrogen-bond donors (Lipinski definition) is 2. The first-order chi connectivity index (χ1) is 11.0. The fraction of sp³-hybridized carbons (Fsp3) is 0.889. The molecule has 0 spiro atoms. The van der Waals surface area contributed by atoms with Crippen LogP contribution in [0.4, 0.5) is 0 Å². The van der Waals surface area contributed by atoms with Gasteiger partial charge in [0, 0.05) is 26.6 Å². The summed E-state index contributed by atoms with van der Waals surface area (Å²) >= 11 is 0. The van der Waals surface area contributed by atoms with E-state index in [4.69, 9.17) is 0 Å². The maximum Gasteiger partial charge on any atom is 0.241 e. The predicted octanol–water partition coefficient (Wildman–Crippen LogP) is 1.81. The van der Waals surface area contributed by atoms with Crippen molar-refractivity contribution in [2.75, 3.05) is 33.7 Å². The lowest BCUT2D eigenvalue weighted by Crippen LogP contribution is -2.48. The minimum Gasteiger partial charge on any atom is -0.347 e. The molecule has 4 rings (SSSR count). The van der Waals surface area contributed by atoms with Crippen LogP contribution in [-0.2, 0) is 9.59 Å². The van der Waals surface area contributed by atoms with Crippen molar-refractivity contribution in [1.29, 1.82) is 0 Å². The number of amides is 2. The summed E-state index contributed by atoms with van der Waals surface area (Å²) in [4.78, 5) is 26.0. The Bertz CT molecular complexity index is 434. The summed E-state index contributed by atoms with van der Waals surface area (Å²) in [6.07, 6.45) is 8.54. The summed E-state index contributed by atoms with van der Waals surface area (Å²) in [5.41, 5.74) is 0.250. The van der Waals surface area contributed by atoms with Crippen molar-refractivity contribution >= 4 is 24.2 Å². The lowest BCUT2D eigenvalue weighted by molar-refractivity contribution is -0.134. The second kappa shape index (κ2) is 8.05. The number of rotatable bonds is 7. The third kappa shape index (κ3) is 4.42. The van der Waals surface area contributed by atoms with E-state index in [1.54, 1.807) is 11.9 Å². The summed E-state index contributed by atoms with van der Waals surface area (Å²) < 4.78 is 0. The molecule has 0 saturated heterocycles.